The average molecular weight is 341 g/mol. The Hall–Kier alpha value is -1.46. The zero-order valence-electron chi connectivity index (χ0n) is 13.8. The van der Waals surface area contributed by atoms with Crippen molar-refractivity contribution in [1.29, 1.82) is 0 Å². The summed E-state index contributed by atoms with van der Waals surface area (Å²) in [5.74, 6) is 0.845. The number of piperidine rings is 1. The number of hydrogen-bond acceptors (Lipinski definition) is 4. The number of halogens is 1. The number of amides is 1. The van der Waals surface area contributed by atoms with E-state index in [4.69, 9.17) is 21.1 Å². The lowest BCUT2D eigenvalue weighted by Gasteiger charge is -2.24. The summed E-state index contributed by atoms with van der Waals surface area (Å²) < 4.78 is 11.0. The average Bonchev–Trinajstić information content (AvgIpc) is 2.57. The summed E-state index contributed by atoms with van der Waals surface area (Å²) in [6, 6.07) is 3.47. The van der Waals surface area contributed by atoms with Crippen LogP contribution in [0.2, 0.25) is 5.02 Å². The predicted molar refractivity (Wildman–Crippen MR) is 91.8 cm³/mol. The van der Waals surface area contributed by atoms with Gasteiger partial charge in [-0.25, -0.2) is 0 Å². The SMILES string of the molecule is CCCCOc1c(Cl)cc(C(=O)NC2CCCNC2)cc1OC. The highest BCUT2D eigenvalue weighted by Crippen LogP contribution is 2.36. The summed E-state index contributed by atoms with van der Waals surface area (Å²) >= 11 is 6.28. The van der Waals surface area contributed by atoms with Crippen LogP contribution in [0.15, 0.2) is 12.1 Å². The van der Waals surface area contributed by atoms with Crippen LogP contribution in [0.4, 0.5) is 0 Å². The molecule has 0 aliphatic carbocycles. The van der Waals surface area contributed by atoms with Gasteiger partial charge in [0.15, 0.2) is 11.5 Å². The number of nitrogens with one attached hydrogen (secondary N) is 2. The molecule has 1 amide bonds. The molecule has 23 heavy (non-hydrogen) atoms. The van der Waals surface area contributed by atoms with Crippen molar-refractivity contribution in [3.8, 4) is 11.5 Å². The minimum absolute atomic E-state index is 0.140. The van der Waals surface area contributed by atoms with Gasteiger partial charge in [-0.3, -0.25) is 4.79 Å². The Balaban J connectivity index is 2.09. The van der Waals surface area contributed by atoms with Crippen molar-refractivity contribution in [2.45, 2.75) is 38.6 Å². The summed E-state index contributed by atoms with van der Waals surface area (Å²) in [7, 11) is 1.55. The second-order valence-electron chi connectivity index (χ2n) is 5.71. The number of rotatable bonds is 7. The van der Waals surface area contributed by atoms with Crippen LogP contribution >= 0.6 is 11.6 Å². The van der Waals surface area contributed by atoms with Gasteiger partial charge in [-0.05, 0) is 37.9 Å². The van der Waals surface area contributed by atoms with Crippen molar-refractivity contribution < 1.29 is 14.3 Å². The summed E-state index contributed by atoms with van der Waals surface area (Å²) in [5.41, 5.74) is 0.486. The lowest BCUT2D eigenvalue weighted by Crippen LogP contribution is -2.45. The monoisotopic (exact) mass is 340 g/mol. The van der Waals surface area contributed by atoms with E-state index in [0.29, 0.717) is 28.7 Å². The minimum Gasteiger partial charge on any atom is -0.493 e. The van der Waals surface area contributed by atoms with Crippen LogP contribution in [0.3, 0.4) is 0 Å². The van der Waals surface area contributed by atoms with E-state index in [0.717, 1.165) is 38.8 Å². The van der Waals surface area contributed by atoms with E-state index in [1.165, 1.54) is 0 Å². The van der Waals surface area contributed by atoms with E-state index >= 15 is 0 Å². The first-order valence-electron chi connectivity index (χ1n) is 8.17. The first-order chi connectivity index (χ1) is 11.2. The summed E-state index contributed by atoms with van der Waals surface area (Å²) in [5, 5.41) is 6.70. The molecule has 1 heterocycles. The van der Waals surface area contributed by atoms with Gasteiger partial charge in [0, 0.05) is 18.2 Å². The van der Waals surface area contributed by atoms with Crippen LogP contribution in [0.25, 0.3) is 0 Å². The maximum atomic E-state index is 12.4. The molecule has 2 N–H and O–H groups in total. The molecule has 0 radical (unpaired) electrons. The summed E-state index contributed by atoms with van der Waals surface area (Å²) in [6.45, 7) is 4.48. The Bertz CT molecular complexity index is 531. The quantitative estimate of drug-likeness (QED) is 0.749. The first kappa shape index (κ1) is 17.9. The molecule has 1 aromatic carbocycles. The van der Waals surface area contributed by atoms with Gasteiger partial charge in [0.2, 0.25) is 0 Å². The number of carbonyl (C=O) groups is 1. The maximum Gasteiger partial charge on any atom is 0.251 e. The van der Waals surface area contributed by atoms with Gasteiger partial charge in [-0.2, -0.15) is 0 Å². The summed E-state index contributed by atoms with van der Waals surface area (Å²) in [4.78, 5) is 12.4. The van der Waals surface area contributed by atoms with E-state index in [1.807, 2.05) is 0 Å². The number of hydrogen-bond donors (Lipinski definition) is 2. The van der Waals surface area contributed by atoms with E-state index in [-0.39, 0.29) is 11.9 Å². The van der Waals surface area contributed by atoms with Crippen LogP contribution in [0.5, 0.6) is 11.5 Å². The highest BCUT2D eigenvalue weighted by molar-refractivity contribution is 6.32. The highest BCUT2D eigenvalue weighted by Gasteiger charge is 2.19. The number of methoxy groups -OCH3 is 1. The van der Waals surface area contributed by atoms with Crippen LogP contribution in [-0.4, -0.2) is 38.8 Å². The van der Waals surface area contributed by atoms with Crippen LogP contribution in [0, 0.1) is 0 Å². The molecule has 5 nitrogen and oxygen atoms in total. The molecular weight excluding hydrogens is 316 g/mol. The van der Waals surface area contributed by atoms with Crippen molar-refractivity contribution in [3.05, 3.63) is 22.7 Å². The molecule has 1 aliphatic rings. The van der Waals surface area contributed by atoms with Crippen molar-refractivity contribution in [2.24, 2.45) is 0 Å². The molecule has 0 bridgehead atoms. The Morgan fingerprint density at radius 2 is 2.30 bits per heavy atom. The summed E-state index contributed by atoms with van der Waals surface area (Å²) in [6.07, 6.45) is 4.04. The molecule has 128 valence electrons. The van der Waals surface area contributed by atoms with Crippen LogP contribution in [0.1, 0.15) is 43.0 Å². The molecule has 1 saturated heterocycles. The van der Waals surface area contributed by atoms with E-state index in [1.54, 1.807) is 19.2 Å². The smallest absolute Gasteiger partial charge is 0.251 e. The molecule has 6 heteroatoms. The Kier molecular flexibility index (Phi) is 6.99. The molecule has 1 aromatic rings. The van der Waals surface area contributed by atoms with Gasteiger partial charge in [0.25, 0.3) is 5.91 Å². The fourth-order valence-corrected chi connectivity index (χ4v) is 2.82. The molecule has 1 aliphatic heterocycles. The van der Waals surface area contributed by atoms with E-state index in [9.17, 15) is 4.79 Å². The maximum absolute atomic E-state index is 12.4. The minimum atomic E-state index is -0.140. The molecule has 2 rings (SSSR count). The fraction of sp³-hybridized carbons (Fsp3) is 0.588. The molecule has 1 unspecified atom stereocenters. The Morgan fingerprint density at radius 3 is 2.96 bits per heavy atom. The number of unbranched alkanes of at least 4 members (excludes halogenated alkanes) is 1. The van der Waals surface area contributed by atoms with Gasteiger partial charge in [0.1, 0.15) is 0 Å². The van der Waals surface area contributed by atoms with E-state index < -0.39 is 0 Å². The third kappa shape index (κ3) is 5.01. The zero-order valence-corrected chi connectivity index (χ0v) is 14.5. The lowest BCUT2D eigenvalue weighted by atomic mass is 10.1. The van der Waals surface area contributed by atoms with Crippen LogP contribution in [-0.2, 0) is 0 Å². The standard InChI is InChI=1S/C17H25ClN2O3/c1-3-4-8-23-16-14(18)9-12(10-15(16)22-2)17(21)20-13-6-5-7-19-11-13/h9-10,13,19H,3-8,11H2,1-2H3,(H,20,21). The predicted octanol–water partition coefficient (Wildman–Crippen LogP) is 3.01. The van der Waals surface area contributed by atoms with Crippen molar-refractivity contribution in [1.82, 2.24) is 10.6 Å². The fourth-order valence-electron chi connectivity index (χ4n) is 2.55. The normalized spacial score (nSPS) is 17.6. The van der Waals surface area contributed by atoms with Crippen molar-refractivity contribution in [2.75, 3.05) is 26.8 Å². The second kappa shape index (κ2) is 8.99. The Labute approximate surface area is 142 Å². The van der Waals surface area contributed by atoms with Gasteiger partial charge < -0.3 is 20.1 Å². The van der Waals surface area contributed by atoms with Crippen molar-refractivity contribution >= 4 is 17.5 Å². The van der Waals surface area contributed by atoms with Crippen molar-refractivity contribution in [3.63, 3.8) is 0 Å². The third-order valence-corrected chi connectivity index (χ3v) is 4.15. The van der Waals surface area contributed by atoms with E-state index in [2.05, 4.69) is 17.6 Å². The molecule has 0 spiro atoms. The highest BCUT2D eigenvalue weighted by atomic mass is 35.5. The van der Waals surface area contributed by atoms with Gasteiger partial charge in [0.05, 0.1) is 18.7 Å². The molecule has 1 atom stereocenters. The van der Waals surface area contributed by atoms with Crippen LogP contribution < -0.4 is 20.1 Å². The third-order valence-electron chi connectivity index (χ3n) is 3.87. The zero-order chi connectivity index (χ0) is 16.7. The van der Waals surface area contributed by atoms with Gasteiger partial charge >= 0.3 is 0 Å². The molecule has 1 fully saturated rings. The number of benzene rings is 1. The number of carbonyl (C=O) groups excluding carboxylic acids is 1. The largest absolute Gasteiger partial charge is 0.493 e. The molecule has 0 aromatic heterocycles. The topological polar surface area (TPSA) is 59.6 Å². The van der Waals surface area contributed by atoms with Gasteiger partial charge in [-0.15, -0.1) is 0 Å². The Morgan fingerprint density at radius 1 is 1.48 bits per heavy atom. The first-order valence-corrected chi connectivity index (χ1v) is 8.55. The lowest BCUT2D eigenvalue weighted by molar-refractivity contribution is 0.0930. The van der Waals surface area contributed by atoms with Gasteiger partial charge in [-0.1, -0.05) is 24.9 Å². The molecular formula is C17H25ClN2O3. The number of ether oxygens (including phenoxy) is 2. The molecule has 0 saturated carbocycles. The second-order valence-corrected chi connectivity index (χ2v) is 6.12.